The quantitative estimate of drug-likeness (QED) is 0.469. The molecule has 152 valence electrons. The van der Waals surface area contributed by atoms with E-state index in [4.69, 9.17) is 4.74 Å². The van der Waals surface area contributed by atoms with Gasteiger partial charge in [0.2, 0.25) is 5.78 Å². The Labute approximate surface area is 167 Å². The third-order valence-electron chi connectivity index (χ3n) is 5.40. The summed E-state index contributed by atoms with van der Waals surface area (Å²) in [6, 6.07) is 10.2. The topological polar surface area (TPSA) is 75.5 Å². The fourth-order valence-corrected chi connectivity index (χ4v) is 3.88. The SMILES string of the molecule is CCOCCn1c(=O)c2c(nc3n([C@H](C)c4ccccc4)c(C)cn23)n(C)c1=O. The highest BCUT2D eigenvalue weighted by Crippen LogP contribution is 2.25. The van der Waals surface area contributed by atoms with Crippen molar-refractivity contribution in [3.05, 3.63) is 68.6 Å². The lowest BCUT2D eigenvalue weighted by atomic mass is 10.1. The summed E-state index contributed by atoms with van der Waals surface area (Å²) in [7, 11) is 1.64. The van der Waals surface area contributed by atoms with Crippen LogP contribution in [-0.4, -0.2) is 36.3 Å². The molecule has 0 bridgehead atoms. The molecule has 0 fully saturated rings. The highest BCUT2D eigenvalue weighted by molar-refractivity contribution is 5.75. The Morgan fingerprint density at radius 1 is 1.17 bits per heavy atom. The zero-order valence-electron chi connectivity index (χ0n) is 17.1. The summed E-state index contributed by atoms with van der Waals surface area (Å²) in [6.07, 6.45) is 1.91. The molecular weight excluding hydrogens is 370 g/mol. The van der Waals surface area contributed by atoms with Crippen LogP contribution in [0.25, 0.3) is 16.9 Å². The summed E-state index contributed by atoms with van der Waals surface area (Å²) in [5.74, 6) is 0.642. The molecule has 0 unspecified atom stereocenters. The van der Waals surface area contributed by atoms with Gasteiger partial charge in [-0.15, -0.1) is 0 Å². The van der Waals surface area contributed by atoms with Gasteiger partial charge in [-0.1, -0.05) is 30.3 Å². The number of ether oxygens (including phenoxy) is 1. The van der Waals surface area contributed by atoms with Gasteiger partial charge in [0.1, 0.15) is 0 Å². The fraction of sp³-hybridized carbons (Fsp3) is 0.381. The van der Waals surface area contributed by atoms with Gasteiger partial charge >= 0.3 is 5.69 Å². The van der Waals surface area contributed by atoms with E-state index in [0.29, 0.717) is 30.2 Å². The van der Waals surface area contributed by atoms with Gasteiger partial charge in [0.25, 0.3) is 5.56 Å². The molecular formula is C21H25N5O3. The molecule has 4 rings (SSSR count). The van der Waals surface area contributed by atoms with E-state index < -0.39 is 0 Å². The van der Waals surface area contributed by atoms with Crippen molar-refractivity contribution < 1.29 is 4.74 Å². The first kappa shape index (κ1) is 19.2. The number of imidazole rings is 2. The summed E-state index contributed by atoms with van der Waals surface area (Å²) >= 11 is 0. The molecule has 0 radical (unpaired) electrons. The third kappa shape index (κ3) is 3.00. The first-order valence-electron chi connectivity index (χ1n) is 9.77. The van der Waals surface area contributed by atoms with E-state index in [2.05, 4.69) is 28.6 Å². The molecule has 0 saturated carbocycles. The number of rotatable bonds is 6. The standard InChI is InChI=1S/C21H25N5O3/c1-5-29-12-11-24-19(27)17-18(23(4)21(24)28)22-20-25(17)13-14(2)26(20)15(3)16-9-7-6-8-10-16/h6-10,13,15H,5,11-12H2,1-4H3/t15-/m1/s1. The van der Waals surface area contributed by atoms with E-state index in [0.717, 1.165) is 11.3 Å². The third-order valence-corrected chi connectivity index (χ3v) is 5.40. The molecule has 0 aliphatic heterocycles. The van der Waals surface area contributed by atoms with Crippen LogP contribution in [0.5, 0.6) is 0 Å². The van der Waals surface area contributed by atoms with Gasteiger partial charge in [0.15, 0.2) is 11.2 Å². The largest absolute Gasteiger partial charge is 0.380 e. The van der Waals surface area contributed by atoms with Gasteiger partial charge in [0, 0.05) is 25.5 Å². The molecule has 0 spiro atoms. The lowest BCUT2D eigenvalue weighted by molar-refractivity contribution is 0.137. The van der Waals surface area contributed by atoms with Crippen molar-refractivity contribution in [3.63, 3.8) is 0 Å². The normalized spacial score (nSPS) is 12.8. The molecule has 0 aliphatic carbocycles. The Kier molecular flexibility index (Phi) is 4.87. The first-order chi connectivity index (χ1) is 14.0. The van der Waals surface area contributed by atoms with E-state index in [-0.39, 0.29) is 23.8 Å². The van der Waals surface area contributed by atoms with Crippen LogP contribution in [-0.2, 0) is 18.3 Å². The number of aryl methyl sites for hydroxylation is 2. The minimum Gasteiger partial charge on any atom is -0.380 e. The number of hydrogen-bond donors (Lipinski definition) is 0. The van der Waals surface area contributed by atoms with Crippen molar-refractivity contribution in [3.8, 4) is 0 Å². The maximum Gasteiger partial charge on any atom is 0.332 e. The molecule has 29 heavy (non-hydrogen) atoms. The molecule has 8 nitrogen and oxygen atoms in total. The number of nitrogens with zero attached hydrogens (tertiary/aromatic N) is 5. The van der Waals surface area contributed by atoms with Crippen LogP contribution in [0.3, 0.4) is 0 Å². The summed E-state index contributed by atoms with van der Waals surface area (Å²) in [4.78, 5) is 30.6. The monoisotopic (exact) mass is 395 g/mol. The number of benzene rings is 1. The Morgan fingerprint density at radius 3 is 2.59 bits per heavy atom. The van der Waals surface area contributed by atoms with Crippen molar-refractivity contribution in [2.24, 2.45) is 7.05 Å². The van der Waals surface area contributed by atoms with Crippen LogP contribution in [0, 0.1) is 6.92 Å². The van der Waals surface area contributed by atoms with Gasteiger partial charge < -0.3 is 9.30 Å². The van der Waals surface area contributed by atoms with Gasteiger partial charge in [-0.2, -0.15) is 4.98 Å². The zero-order valence-corrected chi connectivity index (χ0v) is 17.1. The average molecular weight is 395 g/mol. The second kappa shape index (κ2) is 7.36. The predicted octanol–water partition coefficient (Wildman–Crippen LogP) is 2.10. The molecule has 1 atom stereocenters. The van der Waals surface area contributed by atoms with Crippen LogP contribution in [0.15, 0.2) is 46.1 Å². The maximum absolute atomic E-state index is 13.2. The van der Waals surface area contributed by atoms with E-state index in [1.165, 1.54) is 9.13 Å². The first-order valence-corrected chi connectivity index (χ1v) is 9.77. The highest BCUT2D eigenvalue weighted by Gasteiger charge is 2.22. The lowest BCUT2D eigenvalue weighted by Crippen LogP contribution is -2.40. The minimum absolute atomic E-state index is 0.0303. The van der Waals surface area contributed by atoms with Crippen LogP contribution in [0.1, 0.15) is 31.1 Å². The molecule has 0 saturated heterocycles. The van der Waals surface area contributed by atoms with E-state index >= 15 is 0 Å². The van der Waals surface area contributed by atoms with Crippen molar-refractivity contribution in [1.82, 2.24) is 23.1 Å². The van der Waals surface area contributed by atoms with Crippen LogP contribution in [0.4, 0.5) is 0 Å². The summed E-state index contributed by atoms with van der Waals surface area (Å²) in [5, 5.41) is 0. The highest BCUT2D eigenvalue weighted by atomic mass is 16.5. The van der Waals surface area contributed by atoms with Crippen LogP contribution in [0.2, 0.25) is 0 Å². The fourth-order valence-electron chi connectivity index (χ4n) is 3.88. The van der Waals surface area contributed by atoms with Crippen LogP contribution >= 0.6 is 0 Å². The molecule has 0 amide bonds. The number of aromatic nitrogens is 5. The van der Waals surface area contributed by atoms with Gasteiger partial charge in [-0.3, -0.25) is 18.3 Å². The predicted molar refractivity (Wildman–Crippen MR) is 112 cm³/mol. The Morgan fingerprint density at radius 2 is 1.90 bits per heavy atom. The van der Waals surface area contributed by atoms with E-state index in [1.807, 2.05) is 38.2 Å². The molecule has 4 aromatic rings. The van der Waals surface area contributed by atoms with Gasteiger partial charge in [-0.25, -0.2) is 4.79 Å². The Bertz CT molecular complexity index is 1290. The van der Waals surface area contributed by atoms with Gasteiger partial charge in [-0.05, 0) is 26.3 Å². The molecule has 0 aliphatic rings. The summed E-state index contributed by atoms with van der Waals surface area (Å²) < 4.78 is 11.9. The second-order valence-electron chi connectivity index (χ2n) is 7.18. The van der Waals surface area contributed by atoms with Crippen molar-refractivity contribution in [2.75, 3.05) is 13.2 Å². The Balaban J connectivity index is 1.96. The summed E-state index contributed by atoms with van der Waals surface area (Å²) in [6.45, 7) is 7.03. The Hall–Kier alpha value is -3.13. The summed E-state index contributed by atoms with van der Waals surface area (Å²) in [5.41, 5.74) is 2.18. The molecule has 3 heterocycles. The van der Waals surface area contributed by atoms with Crippen LogP contribution < -0.4 is 11.2 Å². The van der Waals surface area contributed by atoms with Crippen molar-refractivity contribution >= 4 is 16.9 Å². The van der Waals surface area contributed by atoms with Crippen molar-refractivity contribution in [1.29, 1.82) is 0 Å². The van der Waals surface area contributed by atoms with E-state index in [9.17, 15) is 9.59 Å². The number of hydrogen-bond acceptors (Lipinski definition) is 4. The van der Waals surface area contributed by atoms with E-state index in [1.54, 1.807) is 11.4 Å². The van der Waals surface area contributed by atoms with Gasteiger partial charge in [0.05, 0.1) is 19.2 Å². The maximum atomic E-state index is 13.2. The number of fused-ring (bicyclic) bond motifs is 3. The average Bonchev–Trinajstić information content (AvgIpc) is 3.23. The van der Waals surface area contributed by atoms with Crippen molar-refractivity contribution in [2.45, 2.75) is 33.4 Å². The molecule has 3 aromatic heterocycles. The molecule has 0 N–H and O–H groups in total. The molecule has 1 aromatic carbocycles. The molecule has 8 heteroatoms. The second-order valence-corrected chi connectivity index (χ2v) is 7.18. The smallest absolute Gasteiger partial charge is 0.332 e. The lowest BCUT2D eigenvalue weighted by Gasteiger charge is -2.16. The zero-order chi connectivity index (χ0) is 20.7. The minimum atomic E-state index is -0.387.